The molecule has 0 aliphatic rings. The lowest BCUT2D eigenvalue weighted by Gasteiger charge is -2.16. The van der Waals surface area contributed by atoms with E-state index < -0.39 is 5.82 Å². The van der Waals surface area contributed by atoms with Gasteiger partial charge in [-0.3, -0.25) is 0 Å². The van der Waals surface area contributed by atoms with E-state index in [0.29, 0.717) is 12.3 Å². The normalized spacial score (nSPS) is 12.6. The second-order valence-corrected chi connectivity index (χ2v) is 4.06. The maximum atomic E-state index is 12.9. The van der Waals surface area contributed by atoms with Gasteiger partial charge in [0.1, 0.15) is 5.82 Å². The fraction of sp³-hybridized carbons (Fsp3) is 0.400. The standard InChI is InChI=1S/C10H12Cl2FNO/c1-6(5-15-2)14-10-8(11)3-7(13)4-9(10)12/h3-4,6,14H,5H2,1-2H3. The first-order valence-corrected chi connectivity index (χ1v) is 5.20. The minimum absolute atomic E-state index is 0.0514. The molecule has 0 aromatic heterocycles. The number of halogens is 3. The molecule has 1 rings (SSSR count). The van der Waals surface area contributed by atoms with Crippen LogP contribution in [0.5, 0.6) is 0 Å². The molecule has 1 aromatic rings. The molecule has 15 heavy (non-hydrogen) atoms. The maximum Gasteiger partial charge on any atom is 0.126 e. The van der Waals surface area contributed by atoms with E-state index in [1.807, 2.05) is 6.92 Å². The number of nitrogens with one attached hydrogen (secondary N) is 1. The Kier molecular flexibility index (Phi) is 4.64. The average Bonchev–Trinajstić information content (AvgIpc) is 2.11. The summed E-state index contributed by atoms with van der Waals surface area (Å²) in [6, 6.07) is 2.49. The summed E-state index contributed by atoms with van der Waals surface area (Å²) in [5.74, 6) is -0.449. The monoisotopic (exact) mass is 251 g/mol. The maximum absolute atomic E-state index is 12.9. The van der Waals surface area contributed by atoms with E-state index in [0.717, 1.165) is 0 Å². The van der Waals surface area contributed by atoms with Crippen molar-refractivity contribution in [3.63, 3.8) is 0 Å². The third-order valence-electron chi connectivity index (χ3n) is 1.81. The van der Waals surface area contributed by atoms with Crippen molar-refractivity contribution in [1.29, 1.82) is 0 Å². The summed E-state index contributed by atoms with van der Waals surface area (Å²) in [6.07, 6.45) is 0. The van der Waals surface area contributed by atoms with Crippen LogP contribution in [-0.2, 0) is 4.74 Å². The lowest BCUT2D eigenvalue weighted by atomic mass is 10.2. The molecule has 0 saturated carbocycles. The fourth-order valence-corrected chi connectivity index (χ4v) is 1.79. The summed E-state index contributed by atoms with van der Waals surface area (Å²) in [5, 5.41) is 3.58. The van der Waals surface area contributed by atoms with Gasteiger partial charge in [-0.2, -0.15) is 0 Å². The number of benzene rings is 1. The summed E-state index contributed by atoms with van der Waals surface area (Å²) in [5.41, 5.74) is 0.532. The molecule has 5 heteroatoms. The zero-order chi connectivity index (χ0) is 11.4. The zero-order valence-corrected chi connectivity index (χ0v) is 9.99. The molecular weight excluding hydrogens is 240 g/mol. The molecule has 0 heterocycles. The Morgan fingerprint density at radius 3 is 2.40 bits per heavy atom. The zero-order valence-electron chi connectivity index (χ0n) is 8.48. The predicted molar refractivity (Wildman–Crippen MR) is 61.4 cm³/mol. The third kappa shape index (κ3) is 3.52. The van der Waals surface area contributed by atoms with Crippen molar-refractivity contribution in [3.8, 4) is 0 Å². The van der Waals surface area contributed by atoms with E-state index in [9.17, 15) is 4.39 Å². The van der Waals surface area contributed by atoms with Crippen LogP contribution < -0.4 is 5.32 Å². The average molecular weight is 252 g/mol. The number of hydrogen-bond acceptors (Lipinski definition) is 2. The molecule has 0 aliphatic heterocycles. The van der Waals surface area contributed by atoms with E-state index in [-0.39, 0.29) is 16.1 Å². The van der Waals surface area contributed by atoms with Crippen LogP contribution in [0.15, 0.2) is 12.1 Å². The van der Waals surface area contributed by atoms with Gasteiger partial charge in [-0.05, 0) is 19.1 Å². The van der Waals surface area contributed by atoms with Crippen molar-refractivity contribution in [2.45, 2.75) is 13.0 Å². The van der Waals surface area contributed by atoms with Gasteiger partial charge < -0.3 is 10.1 Å². The first-order valence-electron chi connectivity index (χ1n) is 4.44. The van der Waals surface area contributed by atoms with Crippen molar-refractivity contribution in [2.24, 2.45) is 0 Å². The highest BCUT2D eigenvalue weighted by molar-refractivity contribution is 6.39. The van der Waals surface area contributed by atoms with Gasteiger partial charge in [0, 0.05) is 13.2 Å². The van der Waals surface area contributed by atoms with Crippen LogP contribution in [0.2, 0.25) is 10.0 Å². The molecule has 1 aromatic carbocycles. The Labute approximate surface area is 98.3 Å². The second-order valence-electron chi connectivity index (χ2n) is 3.25. The van der Waals surface area contributed by atoms with E-state index in [1.54, 1.807) is 7.11 Å². The molecule has 0 amide bonds. The molecule has 0 bridgehead atoms. The Morgan fingerprint density at radius 2 is 1.93 bits per heavy atom. The Hall–Kier alpha value is -0.510. The van der Waals surface area contributed by atoms with E-state index in [1.165, 1.54) is 12.1 Å². The quantitative estimate of drug-likeness (QED) is 0.884. The Balaban J connectivity index is 2.85. The minimum atomic E-state index is -0.449. The van der Waals surface area contributed by atoms with Crippen LogP contribution in [0.4, 0.5) is 10.1 Å². The SMILES string of the molecule is COCC(C)Nc1c(Cl)cc(F)cc1Cl. The first kappa shape index (κ1) is 12.6. The molecule has 0 fully saturated rings. The summed E-state index contributed by atoms with van der Waals surface area (Å²) in [7, 11) is 1.60. The van der Waals surface area contributed by atoms with E-state index >= 15 is 0 Å². The number of hydrogen-bond donors (Lipinski definition) is 1. The molecule has 0 spiro atoms. The van der Waals surface area contributed by atoms with Gasteiger partial charge in [0.25, 0.3) is 0 Å². The molecule has 1 N–H and O–H groups in total. The van der Waals surface area contributed by atoms with Gasteiger partial charge in [-0.25, -0.2) is 4.39 Å². The Bertz CT molecular complexity index is 323. The first-order chi connectivity index (χ1) is 7.04. The summed E-state index contributed by atoms with van der Waals surface area (Å²) >= 11 is 11.7. The van der Waals surface area contributed by atoms with Gasteiger partial charge in [0.15, 0.2) is 0 Å². The third-order valence-corrected chi connectivity index (χ3v) is 2.41. The summed E-state index contributed by atoms with van der Waals surface area (Å²) < 4.78 is 17.8. The Morgan fingerprint density at radius 1 is 1.40 bits per heavy atom. The molecule has 1 unspecified atom stereocenters. The van der Waals surface area contributed by atoms with Crippen molar-refractivity contribution in [1.82, 2.24) is 0 Å². The van der Waals surface area contributed by atoms with Crippen molar-refractivity contribution in [2.75, 3.05) is 19.0 Å². The lowest BCUT2D eigenvalue weighted by molar-refractivity contribution is 0.190. The number of methoxy groups -OCH3 is 1. The molecule has 1 atom stereocenters. The van der Waals surface area contributed by atoms with Gasteiger partial charge >= 0.3 is 0 Å². The molecule has 84 valence electrons. The molecule has 0 saturated heterocycles. The van der Waals surface area contributed by atoms with Crippen molar-refractivity contribution in [3.05, 3.63) is 28.0 Å². The van der Waals surface area contributed by atoms with Crippen LogP contribution >= 0.6 is 23.2 Å². The van der Waals surface area contributed by atoms with Gasteiger partial charge in [-0.1, -0.05) is 23.2 Å². The molecule has 2 nitrogen and oxygen atoms in total. The van der Waals surface area contributed by atoms with E-state index in [2.05, 4.69) is 5.32 Å². The van der Waals surface area contributed by atoms with Crippen LogP contribution in [0, 0.1) is 5.82 Å². The largest absolute Gasteiger partial charge is 0.383 e. The summed E-state index contributed by atoms with van der Waals surface area (Å²) in [6.45, 7) is 2.43. The highest BCUT2D eigenvalue weighted by atomic mass is 35.5. The molecule has 0 aliphatic carbocycles. The van der Waals surface area contributed by atoms with Gasteiger partial charge in [0.05, 0.1) is 22.3 Å². The number of anilines is 1. The van der Waals surface area contributed by atoms with Crippen molar-refractivity contribution < 1.29 is 9.13 Å². The van der Waals surface area contributed by atoms with Crippen LogP contribution in [0.3, 0.4) is 0 Å². The highest BCUT2D eigenvalue weighted by Gasteiger charge is 2.10. The number of rotatable bonds is 4. The highest BCUT2D eigenvalue weighted by Crippen LogP contribution is 2.31. The predicted octanol–water partition coefficient (Wildman–Crippen LogP) is 3.58. The van der Waals surface area contributed by atoms with Gasteiger partial charge in [0.2, 0.25) is 0 Å². The van der Waals surface area contributed by atoms with Crippen molar-refractivity contribution >= 4 is 28.9 Å². The lowest BCUT2D eigenvalue weighted by Crippen LogP contribution is -2.21. The van der Waals surface area contributed by atoms with Gasteiger partial charge in [-0.15, -0.1) is 0 Å². The smallest absolute Gasteiger partial charge is 0.126 e. The van der Waals surface area contributed by atoms with E-state index in [4.69, 9.17) is 27.9 Å². The summed E-state index contributed by atoms with van der Waals surface area (Å²) in [4.78, 5) is 0. The minimum Gasteiger partial charge on any atom is -0.383 e. The van der Waals surface area contributed by atoms with Crippen LogP contribution in [0.1, 0.15) is 6.92 Å². The fourth-order valence-electron chi connectivity index (χ4n) is 1.22. The molecular formula is C10H12Cl2FNO. The second kappa shape index (κ2) is 5.54. The van der Waals surface area contributed by atoms with Crippen LogP contribution in [0.25, 0.3) is 0 Å². The topological polar surface area (TPSA) is 21.3 Å². The van der Waals surface area contributed by atoms with Crippen LogP contribution in [-0.4, -0.2) is 19.8 Å². The molecule has 0 radical (unpaired) electrons. The number of ether oxygens (including phenoxy) is 1.